The van der Waals surface area contributed by atoms with Gasteiger partial charge in [-0.2, -0.15) is 0 Å². The third kappa shape index (κ3) is 1.74. The van der Waals surface area contributed by atoms with Crippen LogP contribution < -0.4 is 11.1 Å². The van der Waals surface area contributed by atoms with Gasteiger partial charge in [-0.1, -0.05) is 0 Å². The average Bonchev–Trinajstić information content (AvgIpc) is 2.89. The minimum Gasteiger partial charge on any atom is -0.367 e. The molecule has 5 heteroatoms. The lowest BCUT2D eigenvalue weighted by Crippen LogP contribution is -2.16. The summed E-state index contributed by atoms with van der Waals surface area (Å²) in [5.41, 5.74) is 5.51. The Morgan fingerprint density at radius 3 is 3.00 bits per heavy atom. The van der Waals surface area contributed by atoms with Gasteiger partial charge in [0.15, 0.2) is 0 Å². The fourth-order valence-electron chi connectivity index (χ4n) is 1.05. The average molecular weight is 178 g/mol. The minimum absolute atomic E-state index is 0.356. The lowest BCUT2D eigenvalue weighted by atomic mass is 10.3. The number of carbonyl (C=O) groups is 1. The molecule has 0 bridgehead atoms. The Bertz CT molecular complexity index is 335. The second-order valence-corrected chi connectivity index (χ2v) is 3.07. The van der Waals surface area contributed by atoms with Crippen LogP contribution in [0.4, 0.5) is 5.82 Å². The molecule has 13 heavy (non-hydrogen) atoms. The Morgan fingerprint density at radius 1 is 1.62 bits per heavy atom. The van der Waals surface area contributed by atoms with Gasteiger partial charge in [-0.05, 0) is 12.8 Å². The molecular formula is C8H10N4O. The molecule has 0 aromatic carbocycles. The topological polar surface area (TPSA) is 80.9 Å². The van der Waals surface area contributed by atoms with Gasteiger partial charge in [0, 0.05) is 12.2 Å². The normalized spacial score (nSPS) is 15.4. The highest BCUT2D eigenvalue weighted by molar-refractivity contribution is 5.97. The van der Waals surface area contributed by atoms with Crippen molar-refractivity contribution in [2.75, 3.05) is 5.32 Å². The van der Waals surface area contributed by atoms with Crippen LogP contribution in [0, 0.1) is 0 Å². The molecule has 1 aromatic rings. The van der Waals surface area contributed by atoms with E-state index in [2.05, 4.69) is 15.3 Å². The highest BCUT2D eigenvalue weighted by Crippen LogP contribution is 2.24. The van der Waals surface area contributed by atoms with Crippen LogP contribution in [0.5, 0.6) is 0 Å². The van der Waals surface area contributed by atoms with Crippen LogP contribution in [0.3, 0.4) is 0 Å². The number of carbonyl (C=O) groups excluding carboxylic acids is 1. The number of hydrogen-bond donors (Lipinski definition) is 2. The van der Waals surface area contributed by atoms with Crippen LogP contribution in [0.1, 0.15) is 23.2 Å². The van der Waals surface area contributed by atoms with Crippen molar-refractivity contribution >= 4 is 11.7 Å². The molecule has 68 valence electrons. The number of nitrogens with zero attached hydrogens (tertiary/aromatic N) is 2. The molecule has 1 aliphatic carbocycles. The van der Waals surface area contributed by atoms with Crippen molar-refractivity contribution < 1.29 is 4.79 Å². The number of nitrogens with two attached hydrogens (primary N) is 1. The Kier molecular flexibility index (Phi) is 1.84. The fourth-order valence-corrected chi connectivity index (χ4v) is 1.05. The van der Waals surface area contributed by atoms with Crippen molar-refractivity contribution in [2.45, 2.75) is 18.9 Å². The van der Waals surface area contributed by atoms with E-state index in [1.807, 2.05) is 0 Å². The first-order chi connectivity index (χ1) is 6.27. The predicted molar refractivity (Wildman–Crippen MR) is 47.2 cm³/mol. The van der Waals surface area contributed by atoms with Crippen molar-refractivity contribution in [2.24, 2.45) is 5.73 Å². The van der Waals surface area contributed by atoms with Crippen LogP contribution in [0.25, 0.3) is 0 Å². The lowest BCUT2D eigenvalue weighted by molar-refractivity contribution is 0.100. The molecule has 2 rings (SSSR count). The van der Waals surface area contributed by atoms with E-state index < -0.39 is 5.91 Å². The molecule has 3 N–H and O–H groups in total. The monoisotopic (exact) mass is 178 g/mol. The molecular weight excluding hydrogens is 168 g/mol. The Labute approximate surface area is 75.4 Å². The van der Waals surface area contributed by atoms with Crippen molar-refractivity contribution in [3.05, 3.63) is 18.1 Å². The molecule has 0 spiro atoms. The number of hydrogen-bond acceptors (Lipinski definition) is 4. The van der Waals surface area contributed by atoms with Gasteiger partial charge >= 0.3 is 0 Å². The van der Waals surface area contributed by atoms with Gasteiger partial charge in [-0.25, -0.2) is 9.97 Å². The summed E-state index contributed by atoms with van der Waals surface area (Å²) in [5, 5.41) is 3.11. The largest absolute Gasteiger partial charge is 0.367 e. The molecule has 0 atom stereocenters. The summed E-state index contributed by atoms with van der Waals surface area (Å²) < 4.78 is 0. The summed E-state index contributed by atoms with van der Waals surface area (Å²) in [6, 6.07) is 0.452. The first-order valence-corrected chi connectivity index (χ1v) is 4.13. The molecule has 1 saturated carbocycles. The van der Waals surface area contributed by atoms with E-state index >= 15 is 0 Å². The number of rotatable bonds is 3. The van der Waals surface area contributed by atoms with E-state index in [-0.39, 0.29) is 0 Å². The van der Waals surface area contributed by atoms with Crippen molar-refractivity contribution in [3.8, 4) is 0 Å². The molecule has 0 aliphatic heterocycles. The first-order valence-electron chi connectivity index (χ1n) is 4.13. The number of nitrogens with one attached hydrogen (secondary N) is 1. The molecule has 1 heterocycles. The van der Waals surface area contributed by atoms with E-state index in [0.29, 0.717) is 17.4 Å². The molecule has 1 amide bonds. The summed E-state index contributed by atoms with van der Waals surface area (Å²) in [6.45, 7) is 0. The van der Waals surface area contributed by atoms with E-state index in [9.17, 15) is 4.79 Å². The van der Waals surface area contributed by atoms with Gasteiger partial charge < -0.3 is 11.1 Å². The number of primary amides is 1. The van der Waals surface area contributed by atoms with Gasteiger partial charge in [-0.3, -0.25) is 4.79 Å². The maximum atomic E-state index is 10.9. The molecule has 1 fully saturated rings. The minimum atomic E-state index is -0.497. The highest BCUT2D eigenvalue weighted by atomic mass is 16.1. The third-order valence-corrected chi connectivity index (χ3v) is 1.90. The zero-order chi connectivity index (χ0) is 9.26. The van der Waals surface area contributed by atoms with Gasteiger partial charge in [0.25, 0.3) is 5.91 Å². The van der Waals surface area contributed by atoms with Crippen LogP contribution in [0.15, 0.2) is 12.5 Å². The van der Waals surface area contributed by atoms with E-state index in [4.69, 9.17) is 5.73 Å². The summed E-state index contributed by atoms with van der Waals surface area (Å²) >= 11 is 0. The second kappa shape index (κ2) is 3.01. The summed E-state index contributed by atoms with van der Waals surface area (Å²) in [7, 11) is 0. The Hall–Kier alpha value is -1.65. The summed E-state index contributed by atoms with van der Waals surface area (Å²) in [4.78, 5) is 18.6. The quantitative estimate of drug-likeness (QED) is 0.690. The van der Waals surface area contributed by atoms with Crippen LogP contribution >= 0.6 is 0 Å². The zero-order valence-electron chi connectivity index (χ0n) is 7.03. The fraction of sp³-hybridized carbons (Fsp3) is 0.375. The van der Waals surface area contributed by atoms with Gasteiger partial charge in [-0.15, -0.1) is 0 Å². The highest BCUT2D eigenvalue weighted by Gasteiger charge is 2.23. The maximum absolute atomic E-state index is 10.9. The van der Waals surface area contributed by atoms with Crippen molar-refractivity contribution in [1.29, 1.82) is 0 Å². The smallest absolute Gasteiger partial charge is 0.254 e. The SMILES string of the molecule is NC(=O)c1cncnc1NC1CC1. The van der Waals surface area contributed by atoms with Crippen molar-refractivity contribution in [1.82, 2.24) is 9.97 Å². The van der Waals surface area contributed by atoms with Gasteiger partial charge in [0.1, 0.15) is 12.1 Å². The van der Waals surface area contributed by atoms with Crippen molar-refractivity contribution in [3.63, 3.8) is 0 Å². The summed E-state index contributed by atoms with van der Waals surface area (Å²) in [6.07, 6.45) is 5.08. The molecule has 1 aromatic heterocycles. The molecule has 0 unspecified atom stereocenters. The third-order valence-electron chi connectivity index (χ3n) is 1.90. The van der Waals surface area contributed by atoms with Crippen LogP contribution in [0.2, 0.25) is 0 Å². The molecule has 0 saturated heterocycles. The number of aromatic nitrogens is 2. The van der Waals surface area contributed by atoms with Gasteiger partial charge in [0.2, 0.25) is 0 Å². The maximum Gasteiger partial charge on any atom is 0.254 e. The number of amides is 1. The summed E-state index contributed by atoms with van der Waals surface area (Å²) in [5.74, 6) is 0.0498. The lowest BCUT2D eigenvalue weighted by Gasteiger charge is -2.05. The predicted octanol–water partition coefficient (Wildman–Crippen LogP) is 0.150. The molecule has 0 radical (unpaired) electrons. The van der Waals surface area contributed by atoms with Gasteiger partial charge in [0.05, 0.1) is 5.56 Å². The van der Waals surface area contributed by atoms with E-state index in [1.54, 1.807) is 0 Å². The van der Waals surface area contributed by atoms with Crippen LogP contribution in [-0.2, 0) is 0 Å². The standard InChI is InChI=1S/C8H10N4O/c9-7(13)6-3-10-4-11-8(6)12-5-1-2-5/h3-5H,1-2H2,(H2,9,13)(H,10,11,12). The van der Waals surface area contributed by atoms with E-state index in [0.717, 1.165) is 12.8 Å². The van der Waals surface area contributed by atoms with Crippen LogP contribution in [-0.4, -0.2) is 21.9 Å². The number of anilines is 1. The first kappa shape index (κ1) is 7.97. The zero-order valence-corrected chi connectivity index (χ0v) is 7.03. The second-order valence-electron chi connectivity index (χ2n) is 3.07. The van der Waals surface area contributed by atoms with E-state index in [1.165, 1.54) is 12.5 Å². The Balaban J connectivity index is 2.25. The molecule has 5 nitrogen and oxygen atoms in total. The molecule has 1 aliphatic rings. The Morgan fingerprint density at radius 2 is 2.38 bits per heavy atom.